The van der Waals surface area contributed by atoms with Gasteiger partial charge in [-0.05, 0) is 67.1 Å². The molecule has 0 aliphatic carbocycles. The van der Waals surface area contributed by atoms with Crippen LogP contribution in [-0.2, 0) is 0 Å². The molecule has 0 amide bonds. The quantitative estimate of drug-likeness (QED) is 0.457. The van der Waals surface area contributed by atoms with Crippen LogP contribution >= 0.6 is 11.6 Å². The number of methoxy groups -OCH3 is 1. The van der Waals surface area contributed by atoms with Crippen molar-refractivity contribution in [2.45, 2.75) is 44.9 Å². The van der Waals surface area contributed by atoms with E-state index in [4.69, 9.17) is 21.1 Å². The van der Waals surface area contributed by atoms with Gasteiger partial charge in [-0.2, -0.15) is 0 Å². The van der Waals surface area contributed by atoms with E-state index < -0.39 is 0 Å². The molecule has 22 heavy (non-hydrogen) atoms. The molecule has 2 aromatic rings. The van der Waals surface area contributed by atoms with Crippen LogP contribution in [0, 0.1) is 6.92 Å². The predicted octanol–water partition coefficient (Wildman–Crippen LogP) is 5.72. The lowest BCUT2D eigenvalue weighted by atomic mass is 10.0. The highest BCUT2D eigenvalue weighted by Crippen LogP contribution is 2.30. The number of hydrogen-bond acceptors (Lipinski definition) is 2. The second kappa shape index (κ2) is 8.28. The van der Waals surface area contributed by atoms with Crippen molar-refractivity contribution < 1.29 is 9.47 Å². The molecule has 0 spiro atoms. The highest BCUT2D eigenvalue weighted by Gasteiger charge is 2.06. The number of fused-ring (bicyclic) bond motifs is 1. The lowest BCUT2D eigenvalue weighted by Crippen LogP contribution is -2.02. The van der Waals surface area contributed by atoms with Crippen LogP contribution in [0.4, 0.5) is 0 Å². The molecule has 1 atom stereocenters. The number of unbranched alkanes of at least 4 members (excludes halogenated alkanes) is 1. The lowest BCUT2D eigenvalue weighted by molar-refractivity contribution is 0.303. The van der Waals surface area contributed by atoms with E-state index in [9.17, 15) is 0 Å². The van der Waals surface area contributed by atoms with Crippen molar-refractivity contribution in [3.05, 3.63) is 35.9 Å². The van der Waals surface area contributed by atoms with E-state index in [0.29, 0.717) is 5.38 Å². The van der Waals surface area contributed by atoms with Gasteiger partial charge in [0.05, 0.1) is 13.7 Å². The summed E-state index contributed by atoms with van der Waals surface area (Å²) in [6, 6.07) is 10.3. The highest BCUT2D eigenvalue weighted by atomic mass is 35.5. The summed E-state index contributed by atoms with van der Waals surface area (Å²) in [6.45, 7) is 4.98. The minimum atomic E-state index is 0.303. The van der Waals surface area contributed by atoms with Crippen LogP contribution in [-0.4, -0.2) is 19.1 Å². The molecule has 0 aliphatic heterocycles. The smallest absolute Gasteiger partial charge is 0.122 e. The highest BCUT2D eigenvalue weighted by molar-refractivity contribution is 6.20. The Morgan fingerprint density at radius 2 is 1.95 bits per heavy atom. The molecule has 0 radical (unpaired) electrons. The van der Waals surface area contributed by atoms with Crippen LogP contribution in [0.25, 0.3) is 10.8 Å². The average molecular weight is 321 g/mol. The monoisotopic (exact) mass is 320 g/mol. The largest absolute Gasteiger partial charge is 0.497 e. The van der Waals surface area contributed by atoms with Crippen molar-refractivity contribution >= 4 is 22.4 Å². The van der Waals surface area contributed by atoms with E-state index >= 15 is 0 Å². The Labute approximate surface area is 138 Å². The van der Waals surface area contributed by atoms with Gasteiger partial charge in [0.2, 0.25) is 0 Å². The van der Waals surface area contributed by atoms with Crippen LogP contribution in [0.5, 0.6) is 11.5 Å². The summed E-state index contributed by atoms with van der Waals surface area (Å²) < 4.78 is 11.2. The normalized spacial score (nSPS) is 12.4. The van der Waals surface area contributed by atoms with E-state index in [2.05, 4.69) is 32.0 Å². The van der Waals surface area contributed by atoms with Gasteiger partial charge in [0.1, 0.15) is 11.5 Å². The second-order valence-corrected chi connectivity index (χ2v) is 6.24. The fourth-order valence-electron chi connectivity index (χ4n) is 2.58. The zero-order chi connectivity index (χ0) is 15.9. The molecule has 0 saturated carbocycles. The Balaban J connectivity index is 1.96. The lowest BCUT2D eigenvalue weighted by Gasteiger charge is -2.12. The Morgan fingerprint density at radius 1 is 1.14 bits per heavy atom. The van der Waals surface area contributed by atoms with Crippen LogP contribution in [0.3, 0.4) is 0 Å². The van der Waals surface area contributed by atoms with Gasteiger partial charge < -0.3 is 9.47 Å². The second-order valence-electron chi connectivity index (χ2n) is 5.63. The molecule has 2 nitrogen and oxygen atoms in total. The van der Waals surface area contributed by atoms with Crippen LogP contribution < -0.4 is 9.47 Å². The zero-order valence-corrected chi connectivity index (χ0v) is 14.5. The van der Waals surface area contributed by atoms with Gasteiger partial charge >= 0.3 is 0 Å². The van der Waals surface area contributed by atoms with Gasteiger partial charge in [-0.3, -0.25) is 0 Å². The summed E-state index contributed by atoms with van der Waals surface area (Å²) in [7, 11) is 1.69. The van der Waals surface area contributed by atoms with Crippen LogP contribution in [0.2, 0.25) is 0 Å². The third-order valence-corrected chi connectivity index (χ3v) is 4.59. The summed E-state index contributed by atoms with van der Waals surface area (Å²) in [5.74, 6) is 1.85. The molecule has 2 aromatic carbocycles. The van der Waals surface area contributed by atoms with Gasteiger partial charge in [-0.25, -0.2) is 0 Å². The third-order valence-electron chi connectivity index (χ3n) is 4.06. The van der Waals surface area contributed by atoms with Gasteiger partial charge in [-0.15, -0.1) is 11.6 Å². The van der Waals surface area contributed by atoms with E-state index in [0.717, 1.165) is 43.8 Å². The van der Waals surface area contributed by atoms with Gasteiger partial charge in [0.25, 0.3) is 0 Å². The van der Waals surface area contributed by atoms with Crippen molar-refractivity contribution in [1.29, 1.82) is 0 Å². The molecule has 0 N–H and O–H groups in total. The maximum atomic E-state index is 6.13. The molecule has 2 rings (SSSR count). The topological polar surface area (TPSA) is 18.5 Å². The summed E-state index contributed by atoms with van der Waals surface area (Å²) in [5, 5.41) is 2.69. The maximum absolute atomic E-state index is 6.13. The van der Waals surface area contributed by atoms with Crippen molar-refractivity contribution in [2.24, 2.45) is 0 Å². The summed E-state index contributed by atoms with van der Waals surface area (Å²) in [4.78, 5) is 0. The molecule has 3 heteroatoms. The fourth-order valence-corrected chi connectivity index (χ4v) is 2.74. The molecular formula is C19H25ClO2. The molecule has 0 fully saturated rings. The molecule has 0 heterocycles. The van der Waals surface area contributed by atoms with Gasteiger partial charge in [-0.1, -0.05) is 19.1 Å². The van der Waals surface area contributed by atoms with Crippen LogP contribution in [0.1, 0.15) is 38.2 Å². The van der Waals surface area contributed by atoms with Crippen molar-refractivity contribution in [2.75, 3.05) is 13.7 Å². The molecular weight excluding hydrogens is 296 g/mol. The summed E-state index contributed by atoms with van der Waals surface area (Å²) >= 11 is 6.13. The number of halogens is 1. The molecule has 0 aromatic heterocycles. The van der Waals surface area contributed by atoms with E-state index in [1.54, 1.807) is 7.11 Å². The molecule has 0 bridgehead atoms. The van der Waals surface area contributed by atoms with E-state index in [1.165, 1.54) is 16.3 Å². The Morgan fingerprint density at radius 3 is 2.68 bits per heavy atom. The van der Waals surface area contributed by atoms with Crippen molar-refractivity contribution in [3.8, 4) is 11.5 Å². The number of hydrogen-bond donors (Lipinski definition) is 0. The zero-order valence-electron chi connectivity index (χ0n) is 13.7. The van der Waals surface area contributed by atoms with E-state index in [1.807, 2.05) is 12.1 Å². The third kappa shape index (κ3) is 4.30. The number of benzene rings is 2. The molecule has 0 saturated heterocycles. The fraction of sp³-hybridized carbons (Fsp3) is 0.474. The molecule has 0 aliphatic rings. The summed E-state index contributed by atoms with van der Waals surface area (Å²) in [5.41, 5.74) is 1.18. The number of alkyl halides is 1. The molecule has 1 unspecified atom stereocenters. The maximum Gasteiger partial charge on any atom is 0.122 e. The van der Waals surface area contributed by atoms with Gasteiger partial charge in [0, 0.05) is 5.38 Å². The Bertz CT molecular complexity index is 610. The van der Waals surface area contributed by atoms with Crippen molar-refractivity contribution in [1.82, 2.24) is 0 Å². The first-order valence-electron chi connectivity index (χ1n) is 8.00. The number of ether oxygens (including phenoxy) is 2. The molecule has 120 valence electrons. The first-order valence-corrected chi connectivity index (χ1v) is 8.43. The SMILES string of the molecule is CCC(Cl)CCCCOc1ccc2cc(OC)ccc2c1C. The standard InChI is InChI=1S/C19H25ClO2/c1-4-16(20)7-5-6-12-22-19-11-8-15-13-17(21-3)9-10-18(15)14(19)2/h8-11,13,16H,4-7,12H2,1-3H3. The van der Waals surface area contributed by atoms with Gasteiger partial charge in [0.15, 0.2) is 0 Å². The minimum absolute atomic E-state index is 0.303. The Kier molecular flexibility index (Phi) is 6.38. The number of rotatable bonds is 8. The number of aryl methyl sites for hydroxylation is 1. The first kappa shape index (κ1) is 17.0. The predicted molar refractivity (Wildman–Crippen MR) is 94.5 cm³/mol. The Hall–Kier alpha value is -1.41. The average Bonchev–Trinajstić information content (AvgIpc) is 2.55. The minimum Gasteiger partial charge on any atom is -0.497 e. The van der Waals surface area contributed by atoms with Crippen LogP contribution in [0.15, 0.2) is 30.3 Å². The van der Waals surface area contributed by atoms with E-state index in [-0.39, 0.29) is 0 Å². The van der Waals surface area contributed by atoms with Crippen molar-refractivity contribution in [3.63, 3.8) is 0 Å². The first-order chi connectivity index (χ1) is 10.7. The summed E-state index contributed by atoms with van der Waals surface area (Å²) in [6.07, 6.45) is 4.27.